The summed E-state index contributed by atoms with van der Waals surface area (Å²) in [4.78, 5) is 33.5. The van der Waals surface area contributed by atoms with Crippen LogP contribution in [-0.2, 0) is 0 Å². The molecule has 3 rings (SSSR count). The van der Waals surface area contributed by atoms with Crippen LogP contribution < -0.4 is 5.56 Å². The predicted octanol–water partition coefficient (Wildman–Crippen LogP) is 3.01. The van der Waals surface area contributed by atoms with E-state index in [2.05, 4.69) is 9.97 Å². The topological polar surface area (TPSA) is 66.1 Å². The molecule has 0 bridgehead atoms. The van der Waals surface area contributed by atoms with Crippen LogP contribution in [0.1, 0.15) is 60.5 Å². The highest BCUT2D eigenvalue weighted by Gasteiger charge is 2.33. The summed E-state index contributed by atoms with van der Waals surface area (Å²) < 4.78 is 13.9. The van der Waals surface area contributed by atoms with Crippen molar-refractivity contribution in [3.8, 4) is 0 Å². The van der Waals surface area contributed by atoms with Crippen molar-refractivity contribution in [2.45, 2.75) is 38.6 Å². The Hall–Kier alpha value is -2.50. The zero-order valence-electron chi connectivity index (χ0n) is 13.8. The molecular weight excluding hydrogens is 309 g/mol. The van der Waals surface area contributed by atoms with Gasteiger partial charge in [0.05, 0.1) is 17.3 Å². The third-order valence-corrected chi connectivity index (χ3v) is 4.30. The molecule has 1 N–H and O–H groups in total. The molecule has 2 heterocycles. The van der Waals surface area contributed by atoms with E-state index in [0.29, 0.717) is 24.5 Å². The Kier molecular flexibility index (Phi) is 4.46. The lowest BCUT2D eigenvalue weighted by Gasteiger charge is -2.24. The quantitative estimate of drug-likeness (QED) is 0.941. The number of hydrogen-bond donors (Lipinski definition) is 1. The number of aromatic amines is 1. The monoisotopic (exact) mass is 329 g/mol. The van der Waals surface area contributed by atoms with Gasteiger partial charge >= 0.3 is 0 Å². The number of nitrogens with zero attached hydrogens (tertiary/aromatic N) is 2. The second-order valence-electron chi connectivity index (χ2n) is 6.35. The van der Waals surface area contributed by atoms with Gasteiger partial charge < -0.3 is 9.88 Å². The Morgan fingerprint density at radius 1 is 1.38 bits per heavy atom. The molecule has 0 spiro atoms. The van der Waals surface area contributed by atoms with Crippen molar-refractivity contribution in [1.82, 2.24) is 14.9 Å². The van der Waals surface area contributed by atoms with Crippen molar-refractivity contribution < 1.29 is 9.18 Å². The molecule has 0 saturated carbocycles. The molecule has 1 aliphatic heterocycles. The van der Waals surface area contributed by atoms with Crippen molar-refractivity contribution in [2.75, 3.05) is 6.54 Å². The first-order valence-electron chi connectivity index (χ1n) is 8.14. The summed E-state index contributed by atoms with van der Waals surface area (Å²) >= 11 is 0. The number of likely N-dealkylation sites (tertiary alicyclic amines) is 1. The van der Waals surface area contributed by atoms with Crippen LogP contribution in [0, 0.1) is 5.82 Å². The maximum atomic E-state index is 13.9. The van der Waals surface area contributed by atoms with E-state index in [-0.39, 0.29) is 29.0 Å². The molecule has 0 radical (unpaired) electrons. The Labute approximate surface area is 139 Å². The largest absolute Gasteiger partial charge is 0.328 e. The number of benzene rings is 1. The lowest BCUT2D eigenvalue weighted by molar-refractivity contribution is 0.0724. The van der Waals surface area contributed by atoms with Gasteiger partial charge in [0.25, 0.3) is 11.5 Å². The molecule has 24 heavy (non-hydrogen) atoms. The first kappa shape index (κ1) is 16.4. The highest BCUT2D eigenvalue weighted by Crippen LogP contribution is 2.31. The van der Waals surface area contributed by atoms with E-state index < -0.39 is 5.82 Å². The molecule has 2 aromatic rings. The van der Waals surface area contributed by atoms with E-state index in [1.807, 2.05) is 13.8 Å². The summed E-state index contributed by atoms with van der Waals surface area (Å²) in [6.45, 7) is 4.44. The normalized spacial score (nSPS) is 17.5. The second kappa shape index (κ2) is 6.55. The first-order valence-corrected chi connectivity index (χ1v) is 8.14. The number of rotatable bonds is 3. The van der Waals surface area contributed by atoms with Crippen LogP contribution in [0.5, 0.6) is 0 Å². The van der Waals surface area contributed by atoms with Gasteiger partial charge in [0.2, 0.25) is 0 Å². The summed E-state index contributed by atoms with van der Waals surface area (Å²) in [6, 6.07) is 7.10. The maximum absolute atomic E-state index is 13.9. The lowest BCUT2D eigenvalue weighted by Crippen LogP contribution is -2.33. The van der Waals surface area contributed by atoms with E-state index in [1.54, 1.807) is 17.0 Å². The van der Waals surface area contributed by atoms with E-state index in [4.69, 9.17) is 0 Å². The minimum atomic E-state index is -0.537. The molecule has 0 unspecified atom stereocenters. The fourth-order valence-corrected chi connectivity index (χ4v) is 3.03. The molecule has 1 aromatic carbocycles. The molecule has 126 valence electrons. The van der Waals surface area contributed by atoms with Gasteiger partial charge in [-0.05, 0) is 30.9 Å². The summed E-state index contributed by atoms with van der Waals surface area (Å²) in [5.74, 6) is -0.310. The third-order valence-electron chi connectivity index (χ3n) is 4.30. The van der Waals surface area contributed by atoms with Crippen LogP contribution in [0.4, 0.5) is 4.39 Å². The van der Waals surface area contributed by atoms with Crippen molar-refractivity contribution in [3.63, 3.8) is 0 Å². The van der Waals surface area contributed by atoms with Crippen molar-refractivity contribution in [1.29, 1.82) is 0 Å². The molecule has 1 aliphatic rings. The molecular formula is C18H20FN3O2. The smallest absolute Gasteiger partial charge is 0.257 e. The average Bonchev–Trinajstić information content (AvgIpc) is 3.03. The van der Waals surface area contributed by atoms with E-state index in [0.717, 1.165) is 6.42 Å². The van der Waals surface area contributed by atoms with Crippen molar-refractivity contribution in [2.24, 2.45) is 0 Å². The molecule has 6 heteroatoms. The maximum Gasteiger partial charge on any atom is 0.257 e. The second-order valence-corrected chi connectivity index (χ2v) is 6.35. The zero-order valence-corrected chi connectivity index (χ0v) is 13.8. The van der Waals surface area contributed by atoms with E-state index in [9.17, 15) is 14.0 Å². The molecule has 5 nitrogen and oxygen atoms in total. The number of carbonyl (C=O) groups is 1. The van der Waals surface area contributed by atoms with Crippen LogP contribution in [-0.4, -0.2) is 27.3 Å². The van der Waals surface area contributed by atoms with Crippen LogP contribution in [0.25, 0.3) is 0 Å². The van der Waals surface area contributed by atoms with Crippen molar-refractivity contribution >= 4 is 5.91 Å². The Bertz CT molecular complexity index is 816. The van der Waals surface area contributed by atoms with E-state index >= 15 is 0 Å². The Morgan fingerprint density at radius 2 is 2.12 bits per heavy atom. The number of nitrogens with one attached hydrogen (secondary N) is 1. The summed E-state index contributed by atoms with van der Waals surface area (Å²) in [7, 11) is 0. The van der Waals surface area contributed by atoms with Gasteiger partial charge in [0.15, 0.2) is 0 Å². The fourth-order valence-electron chi connectivity index (χ4n) is 3.03. The van der Waals surface area contributed by atoms with Gasteiger partial charge in [0, 0.05) is 12.6 Å². The number of H-pyrrole nitrogens is 1. The highest BCUT2D eigenvalue weighted by molar-refractivity contribution is 5.94. The standard InChI is InChI=1S/C18H20FN3O2/c1-11(2)14-10-16(23)21-17(20-14)15-8-5-9-22(15)18(24)12-6-3-4-7-13(12)19/h3-4,6-7,10-11,15H,5,8-9H2,1-2H3,(H,20,21,23)/t15-/m1/s1. The average molecular weight is 329 g/mol. The molecule has 1 aromatic heterocycles. The number of hydrogen-bond acceptors (Lipinski definition) is 3. The molecule has 0 aliphatic carbocycles. The molecule has 1 fully saturated rings. The lowest BCUT2D eigenvalue weighted by atomic mass is 10.1. The Morgan fingerprint density at radius 3 is 2.83 bits per heavy atom. The van der Waals surface area contributed by atoms with Crippen molar-refractivity contribution in [3.05, 3.63) is 63.6 Å². The molecule has 1 saturated heterocycles. The van der Waals surface area contributed by atoms with Gasteiger partial charge in [0.1, 0.15) is 11.6 Å². The fraction of sp³-hybridized carbons (Fsp3) is 0.389. The van der Waals surface area contributed by atoms with Crippen LogP contribution in [0.2, 0.25) is 0 Å². The minimum absolute atomic E-state index is 0.0479. The highest BCUT2D eigenvalue weighted by atomic mass is 19.1. The summed E-state index contributed by atoms with van der Waals surface area (Å²) in [5, 5.41) is 0. The number of carbonyl (C=O) groups excluding carboxylic acids is 1. The number of amides is 1. The van der Waals surface area contributed by atoms with Gasteiger partial charge in [-0.15, -0.1) is 0 Å². The minimum Gasteiger partial charge on any atom is -0.328 e. The van der Waals surface area contributed by atoms with Crippen LogP contribution >= 0.6 is 0 Å². The van der Waals surface area contributed by atoms with Gasteiger partial charge in [-0.3, -0.25) is 9.59 Å². The Balaban J connectivity index is 1.96. The van der Waals surface area contributed by atoms with Gasteiger partial charge in [-0.1, -0.05) is 26.0 Å². The van der Waals surface area contributed by atoms with Gasteiger partial charge in [-0.25, -0.2) is 9.37 Å². The van der Waals surface area contributed by atoms with E-state index in [1.165, 1.54) is 18.2 Å². The predicted molar refractivity (Wildman–Crippen MR) is 88.4 cm³/mol. The SMILES string of the molecule is CC(C)c1cc(=O)[nH]c([C@H]2CCCN2C(=O)c2ccccc2F)n1. The van der Waals surface area contributed by atoms with Crippen LogP contribution in [0.15, 0.2) is 35.1 Å². The van der Waals surface area contributed by atoms with Crippen LogP contribution in [0.3, 0.4) is 0 Å². The number of aromatic nitrogens is 2. The zero-order chi connectivity index (χ0) is 17.3. The van der Waals surface area contributed by atoms with Gasteiger partial charge in [-0.2, -0.15) is 0 Å². The summed E-state index contributed by atoms with van der Waals surface area (Å²) in [6.07, 6.45) is 1.49. The summed E-state index contributed by atoms with van der Waals surface area (Å²) in [5.41, 5.74) is 0.514. The molecule has 1 atom stereocenters. The molecule has 1 amide bonds. The number of halogens is 1. The first-order chi connectivity index (χ1) is 11.5. The third kappa shape index (κ3) is 3.09.